The van der Waals surface area contributed by atoms with Crippen LogP contribution in [0.5, 0.6) is 0 Å². The lowest BCUT2D eigenvalue weighted by atomic mass is 10.1. The first kappa shape index (κ1) is 24.6. The third-order valence-corrected chi connectivity index (χ3v) is 12.9. The zero-order valence-electron chi connectivity index (χ0n) is 20.2. The minimum atomic E-state index is -2.67. The molecule has 0 saturated carbocycles. The van der Waals surface area contributed by atoms with Crippen LogP contribution < -0.4 is 15.7 Å². The van der Waals surface area contributed by atoms with E-state index in [2.05, 4.69) is 85.0 Å². The van der Waals surface area contributed by atoms with Gasteiger partial charge >= 0.3 is 0 Å². The monoisotopic (exact) mass is 479 g/mol. The Hall–Kier alpha value is -3.47. The summed E-state index contributed by atoms with van der Waals surface area (Å²) in [4.78, 5) is 13.6. The van der Waals surface area contributed by atoms with E-state index in [1.165, 1.54) is 15.9 Å². The SMILES string of the molecule is C[C@@H](CCO)[Si](c1ccccc1)(c1ccccc1)[C@H](Cc1ccccc1)NC(=O)c1ccccc1. The van der Waals surface area contributed by atoms with E-state index >= 15 is 0 Å². The summed E-state index contributed by atoms with van der Waals surface area (Å²) in [5.41, 5.74) is 1.90. The number of benzene rings is 4. The van der Waals surface area contributed by atoms with Gasteiger partial charge in [0.25, 0.3) is 5.91 Å². The zero-order valence-corrected chi connectivity index (χ0v) is 21.2. The van der Waals surface area contributed by atoms with E-state index in [9.17, 15) is 9.90 Å². The highest BCUT2D eigenvalue weighted by Gasteiger charge is 2.49. The van der Waals surface area contributed by atoms with Crippen molar-refractivity contribution in [2.24, 2.45) is 0 Å². The number of hydrogen-bond acceptors (Lipinski definition) is 2. The van der Waals surface area contributed by atoms with Crippen molar-refractivity contribution in [1.82, 2.24) is 5.32 Å². The van der Waals surface area contributed by atoms with Crippen molar-refractivity contribution in [3.63, 3.8) is 0 Å². The molecule has 35 heavy (non-hydrogen) atoms. The Morgan fingerprint density at radius 1 is 0.743 bits per heavy atom. The second kappa shape index (κ2) is 11.8. The van der Waals surface area contributed by atoms with Crippen molar-refractivity contribution in [3.05, 3.63) is 132 Å². The predicted octanol–water partition coefficient (Wildman–Crippen LogP) is 4.60. The average Bonchev–Trinajstić information content (AvgIpc) is 2.91. The number of amides is 1. The zero-order chi connectivity index (χ0) is 24.5. The van der Waals surface area contributed by atoms with Crippen LogP contribution in [-0.2, 0) is 6.42 Å². The third-order valence-electron chi connectivity index (χ3n) is 7.02. The van der Waals surface area contributed by atoms with E-state index in [1.807, 2.05) is 48.5 Å². The number of carbonyl (C=O) groups excluding carboxylic acids is 1. The second-order valence-corrected chi connectivity index (χ2v) is 13.7. The molecule has 3 nitrogen and oxygen atoms in total. The van der Waals surface area contributed by atoms with E-state index in [1.54, 1.807) is 0 Å². The highest BCUT2D eigenvalue weighted by Crippen LogP contribution is 2.30. The first-order valence-electron chi connectivity index (χ1n) is 12.3. The molecule has 0 radical (unpaired) electrons. The Labute approximate surface area is 209 Å². The molecule has 4 heteroatoms. The molecule has 0 fully saturated rings. The summed E-state index contributed by atoms with van der Waals surface area (Å²) in [5.74, 6) is -0.0635. The molecule has 4 rings (SSSR count). The lowest BCUT2D eigenvalue weighted by Crippen LogP contribution is -2.73. The summed E-state index contributed by atoms with van der Waals surface area (Å²) in [7, 11) is -2.67. The van der Waals surface area contributed by atoms with Gasteiger partial charge in [0.15, 0.2) is 0 Å². The molecule has 1 amide bonds. The molecule has 0 aliphatic rings. The maximum absolute atomic E-state index is 13.6. The van der Waals surface area contributed by atoms with Crippen LogP contribution in [0.25, 0.3) is 0 Å². The van der Waals surface area contributed by atoms with Gasteiger partial charge in [0.1, 0.15) is 8.07 Å². The van der Waals surface area contributed by atoms with Crippen LogP contribution in [0.15, 0.2) is 121 Å². The standard InChI is InChI=1S/C31H33NO2Si/c1-25(22-23-33)35(28-18-10-4-11-19-28,29-20-12-5-13-21-29)30(24-26-14-6-2-7-15-26)32-31(34)27-16-8-3-9-17-27/h2-21,25,30,33H,22-24H2,1H3,(H,32,34)/t25-,30+/m0/s1. The van der Waals surface area contributed by atoms with Gasteiger partial charge in [-0.2, -0.15) is 0 Å². The van der Waals surface area contributed by atoms with Crippen LogP contribution in [0.2, 0.25) is 5.54 Å². The molecular weight excluding hydrogens is 446 g/mol. The van der Waals surface area contributed by atoms with E-state index in [4.69, 9.17) is 0 Å². The van der Waals surface area contributed by atoms with E-state index in [0.717, 1.165) is 0 Å². The first-order chi connectivity index (χ1) is 17.2. The molecule has 0 unspecified atom stereocenters. The average molecular weight is 480 g/mol. The van der Waals surface area contributed by atoms with Gasteiger partial charge in [-0.25, -0.2) is 0 Å². The third kappa shape index (κ3) is 5.45. The smallest absolute Gasteiger partial charge is 0.251 e. The van der Waals surface area contributed by atoms with Crippen molar-refractivity contribution in [3.8, 4) is 0 Å². The van der Waals surface area contributed by atoms with Gasteiger partial charge in [-0.3, -0.25) is 4.79 Å². The Morgan fingerprint density at radius 3 is 1.69 bits per heavy atom. The largest absolute Gasteiger partial charge is 0.396 e. The topological polar surface area (TPSA) is 49.3 Å². The van der Waals surface area contributed by atoms with Crippen LogP contribution in [0.4, 0.5) is 0 Å². The van der Waals surface area contributed by atoms with E-state index in [-0.39, 0.29) is 23.7 Å². The molecule has 0 spiro atoms. The number of carbonyl (C=O) groups is 1. The molecular formula is C31H33NO2Si. The van der Waals surface area contributed by atoms with Crippen molar-refractivity contribution in [1.29, 1.82) is 0 Å². The minimum absolute atomic E-state index is 0.0635. The van der Waals surface area contributed by atoms with Gasteiger partial charge in [0, 0.05) is 17.8 Å². The molecule has 0 aliphatic heterocycles. The van der Waals surface area contributed by atoms with Crippen molar-refractivity contribution in [2.45, 2.75) is 31.0 Å². The Kier molecular flexibility index (Phi) is 8.30. The Balaban J connectivity index is 1.93. The van der Waals surface area contributed by atoms with Crippen LogP contribution >= 0.6 is 0 Å². The molecule has 0 aromatic heterocycles. The van der Waals surface area contributed by atoms with Crippen molar-refractivity contribution in [2.75, 3.05) is 6.61 Å². The molecule has 4 aromatic carbocycles. The summed E-state index contributed by atoms with van der Waals surface area (Å²) < 4.78 is 0. The number of hydrogen-bond donors (Lipinski definition) is 2. The van der Waals surface area contributed by atoms with Gasteiger partial charge < -0.3 is 10.4 Å². The molecule has 0 saturated heterocycles. The molecule has 0 bridgehead atoms. The normalized spacial score (nSPS) is 13.1. The highest BCUT2D eigenvalue weighted by molar-refractivity contribution is 7.04. The summed E-state index contributed by atoms with van der Waals surface area (Å²) in [6, 6.07) is 41.1. The quantitative estimate of drug-likeness (QED) is 0.327. The summed E-state index contributed by atoms with van der Waals surface area (Å²) in [5, 5.41) is 16.1. The molecule has 2 N–H and O–H groups in total. The number of rotatable bonds is 10. The molecule has 0 aliphatic carbocycles. The van der Waals surface area contributed by atoms with Crippen molar-refractivity contribution < 1.29 is 9.90 Å². The summed E-state index contributed by atoms with van der Waals surface area (Å²) >= 11 is 0. The van der Waals surface area contributed by atoms with Crippen LogP contribution in [0.3, 0.4) is 0 Å². The molecule has 178 valence electrons. The lowest BCUT2D eigenvalue weighted by Gasteiger charge is -2.45. The predicted molar refractivity (Wildman–Crippen MR) is 147 cm³/mol. The number of aliphatic hydroxyl groups is 1. The Morgan fingerprint density at radius 2 is 1.20 bits per heavy atom. The highest BCUT2D eigenvalue weighted by atomic mass is 28.3. The second-order valence-electron chi connectivity index (χ2n) is 9.10. The summed E-state index contributed by atoms with van der Waals surface area (Å²) in [6.45, 7) is 2.36. The van der Waals surface area contributed by atoms with E-state index in [0.29, 0.717) is 18.4 Å². The maximum atomic E-state index is 13.6. The fourth-order valence-corrected chi connectivity index (χ4v) is 11.3. The maximum Gasteiger partial charge on any atom is 0.251 e. The summed E-state index contributed by atoms with van der Waals surface area (Å²) in [6.07, 6.45) is 1.38. The fraction of sp³-hybridized carbons (Fsp3) is 0.194. The van der Waals surface area contributed by atoms with Crippen LogP contribution in [-0.4, -0.2) is 31.4 Å². The first-order valence-corrected chi connectivity index (χ1v) is 14.4. The van der Waals surface area contributed by atoms with Gasteiger partial charge in [0.05, 0.1) is 0 Å². The number of aliphatic hydroxyl groups excluding tert-OH is 1. The van der Waals surface area contributed by atoms with Crippen molar-refractivity contribution >= 4 is 24.4 Å². The van der Waals surface area contributed by atoms with Gasteiger partial charge in [-0.1, -0.05) is 126 Å². The van der Waals surface area contributed by atoms with Gasteiger partial charge in [0.2, 0.25) is 0 Å². The van der Waals surface area contributed by atoms with E-state index < -0.39 is 8.07 Å². The van der Waals surface area contributed by atoms with Gasteiger partial charge in [-0.15, -0.1) is 0 Å². The van der Waals surface area contributed by atoms with Crippen LogP contribution in [0, 0.1) is 0 Å². The molecule has 0 heterocycles. The lowest BCUT2D eigenvalue weighted by molar-refractivity contribution is 0.0947. The molecule has 4 aromatic rings. The van der Waals surface area contributed by atoms with Crippen LogP contribution in [0.1, 0.15) is 29.3 Å². The molecule has 2 atom stereocenters. The minimum Gasteiger partial charge on any atom is -0.396 e. The van der Waals surface area contributed by atoms with Gasteiger partial charge in [-0.05, 0) is 36.1 Å². The Bertz CT molecular complexity index is 1140. The fourth-order valence-electron chi connectivity index (χ4n) is 5.34. The number of nitrogens with one attached hydrogen (secondary N) is 1.